The average molecular weight is 562 g/mol. The van der Waals surface area contributed by atoms with Gasteiger partial charge in [-0.3, -0.25) is 0 Å². The minimum Gasteiger partial charge on any atom is -0.326 e. The van der Waals surface area contributed by atoms with Crippen molar-refractivity contribution in [2.24, 2.45) is 5.73 Å². The van der Waals surface area contributed by atoms with Gasteiger partial charge in [0, 0.05) is 6.04 Å². The van der Waals surface area contributed by atoms with E-state index in [1.165, 1.54) is 0 Å². The van der Waals surface area contributed by atoms with E-state index in [-0.39, 0.29) is 36.4 Å². The topological polar surface area (TPSA) is 26.0 Å². The molecule has 1 atom stereocenters. The van der Waals surface area contributed by atoms with Crippen LogP contribution >= 0.6 is 15.9 Å². The predicted octanol–water partition coefficient (Wildman–Crippen LogP) is 7.75. The molecule has 0 aromatic heterocycles. The standard InChI is InChI=1S/C19H12BrF12N/c1-8(33)15(20,9-2-11(16(21,22)23)6-12(3-9)17(24,25)26)10-4-13(18(27,28)29)7-14(5-10)19(30,31)32/h2-8H,33H2,1H3/t8-/m0/s1. The maximum absolute atomic E-state index is 13.3. The van der Waals surface area contributed by atoms with E-state index in [4.69, 9.17) is 5.73 Å². The third-order valence-corrected chi connectivity index (χ3v) is 6.28. The Kier molecular flexibility index (Phi) is 6.91. The Morgan fingerprint density at radius 2 is 0.697 bits per heavy atom. The van der Waals surface area contributed by atoms with Gasteiger partial charge in [-0.15, -0.1) is 0 Å². The number of nitrogens with two attached hydrogens (primary N) is 1. The lowest BCUT2D eigenvalue weighted by Crippen LogP contribution is -2.40. The molecule has 2 aromatic rings. The van der Waals surface area contributed by atoms with Crippen LogP contribution in [0.15, 0.2) is 36.4 Å². The summed E-state index contributed by atoms with van der Waals surface area (Å²) in [6.07, 6.45) is -21.3. The fraction of sp³-hybridized carbons (Fsp3) is 0.368. The number of benzene rings is 2. The van der Waals surface area contributed by atoms with E-state index in [0.717, 1.165) is 6.92 Å². The van der Waals surface area contributed by atoms with E-state index in [0.29, 0.717) is 0 Å². The molecular weight excluding hydrogens is 550 g/mol. The number of halogens is 13. The number of hydrogen-bond donors (Lipinski definition) is 1. The normalized spacial score (nSPS) is 15.0. The summed E-state index contributed by atoms with van der Waals surface area (Å²) in [4.78, 5) is 0. The highest BCUT2D eigenvalue weighted by atomic mass is 79.9. The minimum atomic E-state index is -5.31. The van der Waals surface area contributed by atoms with Crippen molar-refractivity contribution >= 4 is 15.9 Å². The van der Waals surface area contributed by atoms with E-state index in [1.807, 2.05) is 0 Å². The summed E-state index contributed by atoms with van der Waals surface area (Å²) in [5, 5.41) is 0. The highest BCUT2D eigenvalue weighted by Gasteiger charge is 2.45. The molecule has 0 radical (unpaired) electrons. The molecule has 0 unspecified atom stereocenters. The summed E-state index contributed by atoms with van der Waals surface area (Å²) in [6.45, 7) is 0.996. The summed E-state index contributed by atoms with van der Waals surface area (Å²) >= 11 is 2.78. The van der Waals surface area contributed by atoms with Gasteiger partial charge in [0.2, 0.25) is 0 Å². The Morgan fingerprint density at radius 1 is 0.515 bits per heavy atom. The molecule has 0 aliphatic heterocycles. The van der Waals surface area contributed by atoms with Gasteiger partial charge in [-0.25, -0.2) is 0 Å². The second kappa shape index (κ2) is 8.36. The molecule has 2 rings (SSSR count). The van der Waals surface area contributed by atoms with Crippen molar-refractivity contribution in [3.8, 4) is 0 Å². The van der Waals surface area contributed by atoms with Crippen LogP contribution in [-0.4, -0.2) is 6.04 Å². The van der Waals surface area contributed by atoms with E-state index >= 15 is 0 Å². The Labute approximate surface area is 186 Å². The van der Waals surface area contributed by atoms with Crippen LogP contribution < -0.4 is 5.73 Å². The molecule has 0 aliphatic carbocycles. The summed E-state index contributed by atoms with van der Waals surface area (Å²) in [5.41, 5.74) is -3.45. The number of rotatable bonds is 3. The smallest absolute Gasteiger partial charge is 0.326 e. The Hall–Kier alpha value is -1.96. The molecule has 14 heteroatoms. The number of hydrogen-bond acceptors (Lipinski definition) is 1. The fourth-order valence-electron chi connectivity index (χ4n) is 3.02. The second-order valence-electron chi connectivity index (χ2n) is 7.09. The highest BCUT2D eigenvalue weighted by Crippen LogP contribution is 2.48. The molecule has 33 heavy (non-hydrogen) atoms. The Balaban J connectivity index is 2.97. The lowest BCUT2D eigenvalue weighted by atomic mass is 9.82. The highest BCUT2D eigenvalue weighted by molar-refractivity contribution is 9.09. The van der Waals surface area contributed by atoms with E-state index < -0.39 is 68.5 Å². The monoisotopic (exact) mass is 561 g/mol. The molecule has 184 valence electrons. The maximum atomic E-state index is 13.3. The van der Waals surface area contributed by atoms with Gasteiger partial charge in [-0.2, -0.15) is 52.7 Å². The lowest BCUT2D eigenvalue weighted by molar-refractivity contribution is -0.144. The van der Waals surface area contributed by atoms with Crippen molar-refractivity contribution in [3.05, 3.63) is 69.8 Å². The van der Waals surface area contributed by atoms with Crippen molar-refractivity contribution in [1.82, 2.24) is 0 Å². The molecule has 0 saturated carbocycles. The third kappa shape index (κ3) is 5.76. The molecule has 1 nitrogen and oxygen atoms in total. The van der Waals surface area contributed by atoms with Crippen LogP contribution in [0.3, 0.4) is 0 Å². The first-order valence-corrected chi connectivity index (χ1v) is 9.41. The van der Waals surface area contributed by atoms with Gasteiger partial charge in [0.05, 0.1) is 26.6 Å². The molecule has 2 aromatic carbocycles. The molecule has 0 amide bonds. The fourth-order valence-corrected chi connectivity index (χ4v) is 3.48. The zero-order valence-corrected chi connectivity index (χ0v) is 17.6. The van der Waals surface area contributed by atoms with Crippen molar-refractivity contribution in [1.29, 1.82) is 0 Å². The van der Waals surface area contributed by atoms with Gasteiger partial charge in [0.1, 0.15) is 0 Å². The quantitative estimate of drug-likeness (QED) is 0.301. The summed E-state index contributed by atoms with van der Waals surface area (Å²) in [5.74, 6) is 0. The molecule has 2 N–H and O–H groups in total. The molecule has 0 fully saturated rings. The van der Waals surface area contributed by atoms with Crippen LogP contribution in [0.5, 0.6) is 0 Å². The molecule has 0 heterocycles. The molecular formula is C19H12BrF12N. The summed E-state index contributed by atoms with van der Waals surface area (Å²) in [6, 6.07) is -1.33. The van der Waals surface area contributed by atoms with Crippen molar-refractivity contribution in [2.45, 2.75) is 42.0 Å². The van der Waals surface area contributed by atoms with Gasteiger partial charge >= 0.3 is 24.7 Å². The van der Waals surface area contributed by atoms with Crippen molar-refractivity contribution < 1.29 is 52.7 Å². The summed E-state index contributed by atoms with van der Waals surface area (Å²) < 4.78 is 157. The first-order chi connectivity index (χ1) is 14.6. The van der Waals surface area contributed by atoms with Gasteiger partial charge < -0.3 is 5.73 Å². The van der Waals surface area contributed by atoms with Gasteiger partial charge in [0.15, 0.2) is 0 Å². The van der Waals surface area contributed by atoms with Crippen molar-refractivity contribution in [3.63, 3.8) is 0 Å². The third-order valence-electron chi connectivity index (χ3n) is 4.64. The Bertz CT molecular complexity index is 875. The molecule has 0 bridgehead atoms. The van der Waals surface area contributed by atoms with E-state index in [1.54, 1.807) is 0 Å². The SMILES string of the molecule is C[C@H](N)C(Br)(c1cc(C(F)(F)F)cc(C(F)(F)F)c1)c1cc(C(F)(F)F)cc(C(F)(F)F)c1. The Morgan fingerprint density at radius 3 is 0.848 bits per heavy atom. The average Bonchev–Trinajstić information content (AvgIpc) is 2.63. The molecule has 0 aliphatic rings. The molecule has 0 spiro atoms. The lowest BCUT2D eigenvalue weighted by Gasteiger charge is -2.34. The maximum Gasteiger partial charge on any atom is 0.416 e. The minimum absolute atomic E-state index is 0.181. The molecule has 0 saturated heterocycles. The van der Waals surface area contributed by atoms with E-state index in [2.05, 4.69) is 15.9 Å². The second-order valence-corrected chi connectivity index (χ2v) is 8.34. The zero-order chi connectivity index (χ0) is 25.8. The van der Waals surface area contributed by atoms with Crippen LogP contribution in [0.25, 0.3) is 0 Å². The number of alkyl halides is 13. The van der Waals surface area contributed by atoms with Crippen LogP contribution in [0.4, 0.5) is 52.7 Å². The van der Waals surface area contributed by atoms with Gasteiger partial charge in [0.25, 0.3) is 0 Å². The van der Waals surface area contributed by atoms with Gasteiger partial charge in [-0.1, -0.05) is 15.9 Å². The van der Waals surface area contributed by atoms with Gasteiger partial charge in [-0.05, 0) is 54.4 Å². The van der Waals surface area contributed by atoms with Crippen LogP contribution in [0.2, 0.25) is 0 Å². The van der Waals surface area contributed by atoms with Crippen LogP contribution in [-0.2, 0) is 29.0 Å². The summed E-state index contributed by atoms with van der Waals surface area (Å²) in [7, 11) is 0. The van der Waals surface area contributed by atoms with Crippen LogP contribution in [0, 0.1) is 0 Å². The first kappa shape index (κ1) is 27.3. The van der Waals surface area contributed by atoms with E-state index in [9.17, 15) is 52.7 Å². The predicted molar refractivity (Wildman–Crippen MR) is 96.2 cm³/mol. The zero-order valence-electron chi connectivity index (χ0n) is 16.0. The first-order valence-electron chi connectivity index (χ1n) is 8.62. The largest absolute Gasteiger partial charge is 0.416 e. The van der Waals surface area contributed by atoms with Crippen LogP contribution in [0.1, 0.15) is 40.3 Å². The van der Waals surface area contributed by atoms with Crippen molar-refractivity contribution in [2.75, 3.05) is 0 Å².